The molecule has 64 heavy (non-hydrogen) atoms. The molecule has 9 aromatic rings. The molecule has 5 heteroatoms. The van der Waals surface area contributed by atoms with E-state index in [0.717, 1.165) is 12.1 Å². The lowest BCUT2D eigenvalue weighted by molar-refractivity contribution is 0.786. The fraction of sp³-hybridized carbons (Fsp3) is 0.153. The van der Waals surface area contributed by atoms with E-state index in [2.05, 4.69) is 238 Å². The van der Waals surface area contributed by atoms with Crippen LogP contribution in [-0.2, 0) is 6.42 Å². The second-order valence-electron chi connectivity index (χ2n) is 17.7. The van der Waals surface area contributed by atoms with Crippen LogP contribution in [0.3, 0.4) is 0 Å². The molecule has 311 valence electrons. The van der Waals surface area contributed by atoms with Crippen LogP contribution in [0.2, 0.25) is 0 Å². The SMILES string of the molecule is CCCC(I)c1ccc(N2c3cc4sc5ccccc5c4cc3[B]c3c(C4Cc5ccccc5C=C4Nc4ccc(-c5ccccc5)cc4)cc(-c4c(C)cccc4C)cc32)c(C)c1. The normalized spacial score (nSPS) is 14.7. The van der Waals surface area contributed by atoms with Crippen molar-refractivity contribution in [1.82, 2.24) is 0 Å². The van der Waals surface area contributed by atoms with Gasteiger partial charge in [0.25, 0.3) is 0 Å². The fourth-order valence-corrected chi connectivity index (χ4v) is 12.4. The molecule has 0 bridgehead atoms. The summed E-state index contributed by atoms with van der Waals surface area (Å²) in [5.41, 5.74) is 22.7. The van der Waals surface area contributed by atoms with Crippen molar-refractivity contribution in [1.29, 1.82) is 0 Å². The molecule has 2 nitrogen and oxygen atoms in total. The molecule has 0 amide bonds. The first-order chi connectivity index (χ1) is 31.3. The first-order valence-corrected chi connectivity index (χ1v) is 24.7. The third-order valence-corrected chi connectivity index (χ3v) is 15.9. The first-order valence-electron chi connectivity index (χ1n) is 22.6. The van der Waals surface area contributed by atoms with Gasteiger partial charge in [0.2, 0.25) is 0 Å². The maximum absolute atomic E-state index is 4.01. The standard InChI is InChI=1S/C59H49BIN2S/c1-5-14-51(61)43-25-28-53(38(4)29-43)63-54-35-57-48(46-21-11-12-22-56(46)64-57)34-50(54)60-59-49(31-44(33-55(59)63)58-36(2)15-13-16-37(58)3)47-30-41-19-9-10-20-42(41)32-52(47)62-45-26-23-40(24-27-45)39-17-7-6-8-18-39/h6-13,15-29,31-35,47,51,62H,5,14,30H2,1-4H3. The average molecular weight is 956 g/mol. The van der Waals surface area contributed by atoms with Crippen molar-refractivity contribution < 1.29 is 0 Å². The number of hydrogen-bond donors (Lipinski definition) is 1. The number of halogens is 1. The van der Waals surface area contributed by atoms with E-state index in [0.29, 0.717) is 3.92 Å². The predicted molar refractivity (Wildman–Crippen MR) is 287 cm³/mol. The zero-order chi connectivity index (χ0) is 43.5. The Hall–Kier alpha value is -5.89. The maximum atomic E-state index is 4.01. The van der Waals surface area contributed by atoms with E-state index in [1.54, 1.807) is 0 Å². The Morgan fingerprint density at radius 3 is 2.20 bits per heavy atom. The minimum Gasteiger partial charge on any atom is -0.358 e. The lowest BCUT2D eigenvalue weighted by Crippen LogP contribution is -2.43. The second kappa shape index (κ2) is 16.9. The van der Waals surface area contributed by atoms with Crippen molar-refractivity contribution in [2.45, 2.75) is 56.8 Å². The van der Waals surface area contributed by atoms with E-state index in [1.807, 2.05) is 11.3 Å². The van der Waals surface area contributed by atoms with Gasteiger partial charge in [-0.2, -0.15) is 0 Å². The molecule has 1 aliphatic carbocycles. The molecule has 1 aromatic heterocycles. The van der Waals surface area contributed by atoms with Crippen LogP contribution in [0.15, 0.2) is 169 Å². The zero-order valence-electron chi connectivity index (χ0n) is 36.8. The minimum absolute atomic E-state index is 0.0596. The smallest absolute Gasteiger partial charge is 0.197 e. The van der Waals surface area contributed by atoms with Crippen LogP contribution in [0.25, 0.3) is 48.5 Å². The molecule has 0 spiro atoms. The van der Waals surface area contributed by atoms with Gasteiger partial charge in [0.1, 0.15) is 0 Å². The Morgan fingerprint density at radius 2 is 1.41 bits per heavy atom. The summed E-state index contributed by atoms with van der Waals surface area (Å²) in [6.45, 7) is 9.13. The second-order valence-corrected chi connectivity index (χ2v) is 20.3. The molecule has 8 aromatic carbocycles. The Morgan fingerprint density at radius 1 is 0.656 bits per heavy atom. The Labute approximate surface area is 396 Å². The number of fused-ring (bicyclic) bond motifs is 6. The molecule has 0 saturated carbocycles. The van der Waals surface area contributed by atoms with Crippen LogP contribution < -0.4 is 21.1 Å². The molecule has 1 radical (unpaired) electrons. The van der Waals surface area contributed by atoms with Crippen LogP contribution in [0.4, 0.5) is 22.7 Å². The molecule has 2 atom stereocenters. The first kappa shape index (κ1) is 40.9. The molecule has 0 saturated heterocycles. The van der Waals surface area contributed by atoms with Gasteiger partial charge < -0.3 is 10.2 Å². The number of alkyl halides is 1. The van der Waals surface area contributed by atoms with Gasteiger partial charge in [0.15, 0.2) is 7.28 Å². The number of aryl methyl sites for hydroxylation is 3. The number of rotatable bonds is 9. The van der Waals surface area contributed by atoms with E-state index in [4.69, 9.17) is 0 Å². The van der Waals surface area contributed by atoms with Crippen LogP contribution in [0, 0.1) is 20.8 Å². The summed E-state index contributed by atoms with van der Waals surface area (Å²) < 4.78 is 3.12. The van der Waals surface area contributed by atoms with E-state index < -0.39 is 0 Å². The summed E-state index contributed by atoms with van der Waals surface area (Å²) in [5.74, 6) is 0.0596. The van der Waals surface area contributed by atoms with Crippen LogP contribution >= 0.6 is 33.9 Å². The Balaban J connectivity index is 1.14. The summed E-state index contributed by atoms with van der Waals surface area (Å²) in [4.78, 5) is 2.60. The van der Waals surface area contributed by atoms with Gasteiger partial charge in [-0.1, -0.05) is 174 Å². The van der Waals surface area contributed by atoms with Gasteiger partial charge in [0, 0.05) is 53.1 Å². The van der Waals surface area contributed by atoms with Crippen molar-refractivity contribution in [2.24, 2.45) is 0 Å². The van der Waals surface area contributed by atoms with Crippen molar-refractivity contribution in [3.8, 4) is 22.3 Å². The van der Waals surface area contributed by atoms with Gasteiger partial charge in [-0.3, -0.25) is 0 Å². The van der Waals surface area contributed by atoms with Crippen molar-refractivity contribution in [2.75, 3.05) is 10.2 Å². The molecular weight excluding hydrogens is 906 g/mol. The third kappa shape index (κ3) is 7.37. The number of nitrogens with zero attached hydrogens (tertiary/aromatic N) is 1. The number of thiophene rings is 1. The number of benzene rings is 8. The summed E-state index contributed by atoms with van der Waals surface area (Å²) in [7, 11) is 2.51. The average Bonchev–Trinajstić information content (AvgIpc) is 3.68. The van der Waals surface area contributed by atoms with Gasteiger partial charge in [-0.25, -0.2) is 0 Å². The van der Waals surface area contributed by atoms with Gasteiger partial charge in [0.05, 0.1) is 0 Å². The van der Waals surface area contributed by atoms with Gasteiger partial charge in [-0.15, -0.1) is 11.3 Å². The molecule has 11 rings (SSSR count). The Kier molecular flexibility index (Phi) is 10.8. The molecule has 1 N–H and O–H groups in total. The van der Waals surface area contributed by atoms with E-state index in [-0.39, 0.29) is 5.92 Å². The van der Waals surface area contributed by atoms with Gasteiger partial charge >= 0.3 is 0 Å². The molecule has 0 fully saturated rings. The van der Waals surface area contributed by atoms with Gasteiger partial charge in [-0.05, 0) is 143 Å². The van der Waals surface area contributed by atoms with Crippen molar-refractivity contribution in [3.05, 3.63) is 208 Å². The number of nitrogens with one attached hydrogen (secondary N) is 1. The van der Waals surface area contributed by atoms with Crippen molar-refractivity contribution in [3.63, 3.8) is 0 Å². The lowest BCUT2D eigenvalue weighted by atomic mass is 9.56. The highest BCUT2D eigenvalue weighted by atomic mass is 127. The van der Waals surface area contributed by atoms with Crippen molar-refractivity contribution >= 4 is 101 Å². The minimum atomic E-state index is 0.0596. The monoisotopic (exact) mass is 955 g/mol. The highest BCUT2D eigenvalue weighted by molar-refractivity contribution is 14.1. The Bertz CT molecular complexity index is 3260. The predicted octanol–water partition coefficient (Wildman–Crippen LogP) is 15.8. The quantitative estimate of drug-likeness (QED) is 0.0881. The molecule has 2 unspecified atom stereocenters. The summed E-state index contributed by atoms with van der Waals surface area (Å²) in [5, 5.41) is 6.65. The van der Waals surface area contributed by atoms with Crippen LogP contribution in [0.5, 0.6) is 0 Å². The number of allylic oxidation sites excluding steroid dienone is 1. The maximum Gasteiger partial charge on any atom is 0.197 e. The summed E-state index contributed by atoms with van der Waals surface area (Å²) in [6.07, 6.45) is 5.63. The zero-order valence-corrected chi connectivity index (χ0v) is 39.7. The largest absolute Gasteiger partial charge is 0.358 e. The number of hydrogen-bond acceptors (Lipinski definition) is 3. The molecule has 1 aliphatic heterocycles. The van der Waals surface area contributed by atoms with E-state index >= 15 is 0 Å². The third-order valence-electron chi connectivity index (χ3n) is 13.5. The topological polar surface area (TPSA) is 15.3 Å². The number of anilines is 4. The fourth-order valence-electron chi connectivity index (χ4n) is 10.3. The molecule has 2 aliphatic rings. The highest BCUT2D eigenvalue weighted by Gasteiger charge is 2.34. The summed E-state index contributed by atoms with van der Waals surface area (Å²) in [6, 6.07) is 61.3. The summed E-state index contributed by atoms with van der Waals surface area (Å²) >= 11 is 4.53. The highest BCUT2D eigenvalue weighted by Crippen LogP contribution is 2.47. The van der Waals surface area contributed by atoms with E-state index in [1.165, 1.54) is 128 Å². The lowest BCUT2D eigenvalue weighted by Gasteiger charge is -2.38. The molecular formula is C59H49BIN2S. The van der Waals surface area contributed by atoms with Crippen LogP contribution in [-0.4, -0.2) is 7.28 Å². The molecule has 2 heterocycles. The van der Waals surface area contributed by atoms with Crippen LogP contribution in [0.1, 0.15) is 68.6 Å². The van der Waals surface area contributed by atoms with E-state index in [9.17, 15) is 0 Å².